The molecule has 0 atom stereocenters. The van der Waals surface area contributed by atoms with Crippen LogP contribution in [0.5, 0.6) is 0 Å². The molecule has 128 valence electrons. The number of hydrogen-bond donors (Lipinski definition) is 1. The minimum Gasteiger partial charge on any atom is -0.339 e. The molecule has 1 aromatic heterocycles. The number of halogens is 2. The number of nitrogens with zero attached hydrogens (tertiary/aromatic N) is 3. The molecule has 1 aromatic carbocycles. The van der Waals surface area contributed by atoms with Gasteiger partial charge in [0, 0.05) is 31.2 Å². The molecule has 1 N–H and O–H groups in total. The van der Waals surface area contributed by atoms with E-state index in [1.54, 1.807) is 4.90 Å². The van der Waals surface area contributed by atoms with E-state index in [0.29, 0.717) is 30.3 Å². The second-order valence-corrected chi connectivity index (χ2v) is 5.75. The smallest absolute Gasteiger partial charge is 0.256 e. The summed E-state index contributed by atoms with van der Waals surface area (Å²) < 4.78 is 13.1. The van der Waals surface area contributed by atoms with Gasteiger partial charge in [-0.25, -0.2) is 14.4 Å². The summed E-state index contributed by atoms with van der Waals surface area (Å²) in [6.45, 7) is 5.49. The van der Waals surface area contributed by atoms with Crippen LogP contribution in [0.4, 0.5) is 16.0 Å². The van der Waals surface area contributed by atoms with Crippen LogP contribution in [0.2, 0.25) is 5.02 Å². The van der Waals surface area contributed by atoms with Crippen molar-refractivity contribution in [2.75, 3.05) is 18.4 Å². The van der Waals surface area contributed by atoms with E-state index in [1.807, 2.05) is 13.8 Å². The first-order chi connectivity index (χ1) is 11.5. The zero-order valence-electron chi connectivity index (χ0n) is 13.7. The Morgan fingerprint density at radius 1 is 1.21 bits per heavy atom. The third-order valence-corrected chi connectivity index (χ3v) is 3.64. The van der Waals surface area contributed by atoms with E-state index in [-0.39, 0.29) is 10.9 Å². The summed E-state index contributed by atoms with van der Waals surface area (Å²) in [5, 5.41) is 2.93. The fourth-order valence-corrected chi connectivity index (χ4v) is 2.42. The lowest BCUT2D eigenvalue weighted by molar-refractivity contribution is 0.0754. The quantitative estimate of drug-likeness (QED) is 0.810. The lowest BCUT2D eigenvalue weighted by atomic mass is 10.2. The van der Waals surface area contributed by atoms with Crippen molar-refractivity contribution in [3.63, 3.8) is 0 Å². The predicted octanol–water partition coefficient (Wildman–Crippen LogP) is 4.27. The summed E-state index contributed by atoms with van der Waals surface area (Å²) in [6.07, 6.45) is 4.78. The van der Waals surface area contributed by atoms with E-state index >= 15 is 0 Å². The van der Waals surface area contributed by atoms with Gasteiger partial charge in [-0.15, -0.1) is 0 Å². The molecule has 5 nitrogen and oxygen atoms in total. The lowest BCUT2D eigenvalue weighted by Crippen LogP contribution is -2.32. The van der Waals surface area contributed by atoms with Gasteiger partial charge in [-0.1, -0.05) is 25.4 Å². The Bertz CT molecular complexity index is 687. The molecular formula is C17H20ClFN4O. The maximum atomic E-state index is 13.1. The standard InChI is InChI=1S/C17H20ClFN4O/c1-3-7-23(8-4-2)16(24)12-10-20-17(21-11-12)22-13-5-6-15(19)14(18)9-13/h5-6,9-11H,3-4,7-8H2,1-2H3,(H,20,21,22). The van der Waals surface area contributed by atoms with E-state index in [4.69, 9.17) is 11.6 Å². The van der Waals surface area contributed by atoms with Crippen LogP contribution < -0.4 is 5.32 Å². The van der Waals surface area contributed by atoms with Crippen molar-refractivity contribution >= 4 is 29.1 Å². The van der Waals surface area contributed by atoms with E-state index in [9.17, 15) is 9.18 Å². The molecule has 0 saturated carbocycles. The highest BCUT2D eigenvalue weighted by atomic mass is 35.5. The number of aromatic nitrogens is 2. The van der Waals surface area contributed by atoms with Gasteiger partial charge in [0.2, 0.25) is 5.95 Å². The number of nitrogens with one attached hydrogen (secondary N) is 1. The van der Waals surface area contributed by atoms with Crippen LogP contribution >= 0.6 is 11.6 Å². The van der Waals surface area contributed by atoms with Crippen LogP contribution in [-0.2, 0) is 0 Å². The number of hydrogen-bond acceptors (Lipinski definition) is 4. The molecule has 0 aliphatic carbocycles. The third-order valence-electron chi connectivity index (χ3n) is 3.35. The van der Waals surface area contributed by atoms with Crippen LogP contribution in [0.15, 0.2) is 30.6 Å². The number of carbonyl (C=O) groups is 1. The van der Waals surface area contributed by atoms with Gasteiger partial charge in [-0.3, -0.25) is 4.79 Å². The second kappa shape index (κ2) is 8.59. The summed E-state index contributed by atoms with van der Waals surface area (Å²) in [5.41, 5.74) is 1.01. The fraction of sp³-hybridized carbons (Fsp3) is 0.353. The molecule has 0 aliphatic heterocycles. The van der Waals surface area contributed by atoms with Crippen molar-refractivity contribution in [3.8, 4) is 0 Å². The average Bonchev–Trinajstić information content (AvgIpc) is 2.58. The van der Waals surface area contributed by atoms with Crippen LogP contribution in [0.3, 0.4) is 0 Å². The number of anilines is 2. The van der Waals surface area contributed by atoms with Gasteiger partial charge >= 0.3 is 0 Å². The highest BCUT2D eigenvalue weighted by Crippen LogP contribution is 2.21. The van der Waals surface area contributed by atoms with Gasteiger partial charge in [0.15, 0.2) is 0 Å². The molecule has 1 heterocycles. The Hall–Kier alpha value is -2.21. The maximum Gasteiger partial charge on any atom is 0.256 e. The average molecular weight is 351 g/mol. The Morgan fingerprint density at radius 2 is 1.83 bits per heavy atom. The largest absolute Gasteiger partial charge is 0.339 e. The topological polar surface area (TPSA) is 58.1 Å². The zero-order valence-corrected chi connectivity index (χ0v) is 14.5. The van der Waals surface area contributed by atoms with E-state index in [0.717, 1.165) is 12.8 Å². The molecule has 0 bridgehead atoms. The molecule has 0 unspecified atom stereocenters. The molecule has 0 aliphatic rings. The molecule has 0 fully saturated rings. The van der Waals surface area contributed by atoms with Gasteiger partial charge in [-0.2, -0.15) is 0 Å². The molecule has 0 saturated heterocycles. The van der Waals surface area contributed by atoms with Crippen molar-refractivity contribution in [3.05, 3.63) is 47.0 Å². The number of carbonyl (C=O) groups excluding carboxylic acids is 1. The Kier molecular flexibility index (Phi) is 6.49. The molecular weight excluding hydrogens is 331 g/mol. The molecule has 2 rings (SSSR count). The molecule has 2 aromatic rings. The first-order valence-electron chi connectivity index (χ1n) is 7.88. The number of benzene rings is 1. The molecule has 7 heteroatoms. The maximum absolute atomic E-state index is 13.1. The summed E-state index contributed by atoms with van der Waals surface area (Å²) >= 11 is 5.74. The first-order valence-corrected chi connectivity index (χ1v) is 8.26. The monoisotopic (exact) mass is 350 g/mol. The van der Waals surface area contributed by atoms with Crippen molar-refractivity contribution in [2.45, 2.75) is 26.7 Å². The highest BCUT2D eigenvalue weighted by molar-refractivity contribution is 6.31. The minimum atomic E-state index is -0.490. The Morgan fingerprint density at radius 3 is 2.38 bits per heavy atom. The van der Waals surface area contributed by atoms with Crippen molar-refractivity contribution in [1.29, 1.82) is 0 Å². The van der Waals surface area contributed by atoms with E-state index < -0.39 is 5.82 Å². The molecule has 0 radical (unpaired) electrons. The summed E-state index contributed by atoms with van der Waals surface area (Å²) in [4.78, 5) is 22.5. The number of amides is 1. The predicted molar refractivity (Wildman–Crippen MR) is 93.2 cm³/mol. The van der Waals surface area contributed by atoms with Gasteiger partial charge in [-0.05, 0) is 31.0 Å². The van der Waals surface area contributed by atoms with Crippen LogP contribution in [0, 0.1) is 5.82 Å². The Balaban J connectivity index is 2.09. The normalized spacial score (nSPS) is 10.5. The summed E-state index contributed by atoms with van der Waals surface area (Å²) in [7, 11) is 0. The first kappa shape index (κ1) is 18.1. The Labute approximate surface area is 145 Å². The molecule has 0 spiro atoms. The van der Waals surface area contributed by atoms with Crippen LogP contribution in [-0.4, -0.2) is 33.9 Å². The van der Waals surface area contributed by atoms with Crippen molar-refractivity contribution in [1.82, 2.24) is 14.9 Å². The van der Waals surface area contributed by atoms with Crippen LogP contribution in [0.1, 0.15) is 37.0 Å². The summed E-state index contributed by atoms with van der Waals surface area (Å²) in [6, 6.07) is 4.24. The second-order valence-electron chi connectivity index (χ2n) is 5.34. The number of rotatable bonds is 7. The lowest BCUT2D eigenvalue weighted by Gasteiger charge is -2.21. The fourth-order valence-electron chi connectivity index (χ4n) is 2.24. The highest BCUT2D eigenvalue weighted by Gasteiger charge is 2.15. The molecule has 24 heavy (non-hydrogen) atoms. The van der Waals surface area contributed by atoms with Gasteiger partial charge in [0.05, 0.1) is 10.6 Å². The van der Waals surface area contributed by atoms with E-state index in [1.165, 1.54) is 30.6 Å². The van der Waals surface area contributed by atoms with Gasteiger partial charge in [0.1, 0.15) is 5.82 Å². The molecule has 1 amide bonds. The van der Waals surface area contributed by atoms with Gasteiger partial charge in [0.25, 0.3) is 5.91 Å². The SMILES string of the molecule is CCCN(CCC)C(=O)c1cnc(Nc2ccc(F)c(Cl)c2)nc1. The van der Waals surface area contributed by atoms with Gasteiger partial charge < -0.3 is 10.2 Å². The summed E-state index contributed by atoms with van der Waals surface area (Å²) in [5.74, 6) is -0.252. The minimum absolute atomic E-state index is 0.0153. The van der Waals surface area contributed by atoms with Crippen LogP contribution in [0.25, 0.3) is 0 Å². The van der Waals surface area contributed by atoms with Crippen molar-refractivity contribution in [2.24, 2.45) is 0 Å². The van der Waals surface area contributed by atoms with Crippen molar-refractivity contribution < 1.29 is 9.18 Å². The van der Waals surface area contributed by atoms with E-state index in [2.05, 4.69) is 15.3 Å². The zero-order chi connectivity index (χ0) is 17.5. The third kappa shape index (κ3) is 4.64.